The molecule has 1 saturated carbocycles. The summed E-state index contributed by atoms with van der Waals surface area (Å²) in [5.41, 5.74) is 11.2. The van der Waals surface area contributed by atoms with Crippen LogP contribution < -0.4 is 10.6 Å². The van der Waals surface area contributed by atoms with E-state index in [0.717, 1.165) is 66.3 Å². The topological polar surface area (TPSA) is 158 Å². The number of H-pyrrole nitrogens is 1. The summed E-state index contributed by atoms with van der Waals surface area (Å²) in [5, 5.41) is 5.50. The Bertz CT molecular complexity index is 2480. The summed E-state index contributed by atoms with van der Waals surface area (Å²) in [5.74, 6) is 0.376. The number of methoxy groups -OCH3 is 2. The fourth-order valence-electron chi connectivity index (χ4n) is 11.2. The van der Waals surface area contributed by atoms with Gasteiger partial charge in [0.2, 0.25) is 11.8 Å². The second-order valence-electron chi connectivity index (χ2n) is 19.2. The van der Waals surface area contributed by atoms with Crippen molar-refractivity contribution in [2.75, 3.05) is 27.3 Å². The van der Waals surface area contributed by atoms with Crippen LogP contribution in [-0.2, 0) is 38.3 Å². The second kappa shape index (κ2) is 17.8. The molecule has 2 saturated heterocycles. The van der Waals surface area contributed by atoms with Crippen LogP contribution in [0.25, 0.3) is 32.1 Å². The minimum absolute atomic E-state index is 0.0812. The average molecular weight is 888 g/mol. The Hall–Kier alpha value is -5.50. The van der Waals surface area contributed by atoms with E-state index in [1.807, 2.05) is 43.7 Å². The number of ether oxygens (including phenoxy) is 2. The highest BCUT2D eigenvalue weighted by Crippen LogP contribution is 2.54. The van der Waals surface area contributed by atoms with E-state index < -0.39 is 24.3 Å². The van der Waals surface area contributed by atoms with Crippen LogP contribution in [0.4, 0.5) is 15.3 Å². The number of amides is 4. The van der Waals surface area contributed by atoms with Crippen molar-refractivity contribution in [3.63, 3.8) is 0 Å². The number of fused-ring (bicyclic) bond motifs is 2. The summed E-state index contributed by atoms with van der Waals surface area (Å²) >= 11 is 1.77. The second-order valence-corrected chi connectivity index (χ2v) is 20.3. The molecule has 1 spiro atoms. The van der Waals surface area contributed by atoms with Gasteiger partial charge in [-0.1, -0.05) is 58.7 Å². The van der Waals surface area contributed by atoms with Crippen molar-refractivity contribution in [2.24, 2.45) is 22.2 Å². The summed E-state index contributed by atoms with van der Waals surface area (Å²) in [6.07, 6.45) is 12.0. The van der Waals surface area contributed by atoms with Gasteiger partial charge in [0.15, 0.2) is 0 Å². The lowest BCUT2D eigenvalue weighted by atomic mass is 9.82. The van der Waals surface area contributed by atoms with Crippen molar-refractivity contribution in [1.82, 2.24) is 30.4 Å². The molecule has 2 aliphatic carbocycles. The van der Waals surface area contributed by atoms with E-state index in [1.54, 1.807) is 11.3 Å². The molecule has 2 aromatic heterocycles. The monoisotopic (exact) mass is 887 g/mol. The van der Waals surface area contributed by atoms with Crippen molar-refractivity contribution < 1.29 is 28.7 Å². The molecule has 2 aromatic carbocycles. The maximum atomic E-state index is 13.9. The third kappa shape index (κ3) is 8.22. The van der Waals surface area contributed by atoms with Crippen LogP contribution in [0, 0.1) is 17.3 Å². The van der Waals surface area contributed by atoms with Crippen LogP contribution in [0.5, 0.6) is 0 Å². The van der Waals surface area contributed by atoms with Gasteiger partial charge in [0, 0.05) is 30.1 Å². The molecule has 5 heterocycles. The van der Waals surface area contributed by atoms with E-state index >= 15 is 0 Å². The molecular formula is C50H61N7O6S. The number of hydrogen-bond donors (Lipinski definition) is 3. The van der Waals surface area contributed by atoms with Gasteiger partial charge in [-0.3, -0.25) is 14.6 Å². The zero-order valence-corrected chi connectivity index (χ0v) is 38.7. The lowest BCUT2D eigenvalue weighted by molar-refractivity contribution is -0.135. The number of nitrogens with zero attached hydrogens (tertiary/aromatic N) is 4. The van der Waals surface area contributed by atoms with Gasteiger partial charge in [0.25, 0.3) is 0 Å². The van der Waals surface area contributed by atoms with Gasteiger partial charge in [-0.2, -0.15) is 0 Å². The highest BCUT2D eigenvalue weighted by molar-refractivity contribution is 7.18. The maximum Gasteiger partial charge on any atom is 0.407 e. The lowest BCUT2D eigenvalue weighted by Gasteiger charge is -2.30. The molecule has 0 unspecified atom stereocenters. The Morgan fingerprint density at radius 1 is 0.766 bits per heavy atom. The van der Waals surface area contributed by atoms with Gasteiger partial charge in [-0.15, -0.1) is 11.3 Å². The van der Waals surface area contributed by atoms with Crippen molar-refractivity contribution in [1.29, 1.82) is 0 Å². The van der Waals surface area contributed by atoms with Crippen LogP contribution in [0.1, 0.15) is 108 Å². The first kappa shape index (κ1) is 43.7. The predicted molar refractivity (Wildman–Crippen MR) is 249 cm³/mol. The molecule has 4 amide bonds. The first-order valence-electron chi connectivity index (χ1n) is 23.2. The van der Waals surface area contributed by atoms with Crippen LogP contribution in [-0.4, -0.2) is 94.9 Å². The molecule has 0 bridgehead atoms. The summed E-state index contributed by atoms with van der Waals surface area (Å²) in [4.78, 5) is 71.5. The van der Waals surface area contributed by atoms with E-state index in [2.05, 4.69) is 58.1 Å². The zero-order valence-electron chi connectivity index (χ0n) is 37.9. The highest BCUT2D eigenvalue weighted by Gasteiger charge is 2.43. The molecule has 338 valence electrons. The quantitative estimate of drug-likeness (QED) is 0.136. The third-order valence-electron chi connectivity index (χ3n) is 14.5. The number of aromatic nitrogens is 2. The summed E-state index contributed by atoms with van der Waals surface area (Å²) in [6.45, 7) is 8.98. The Balaban J connectivity index is 0.950. The van der Waals surface area contributed by atoms with Crippen molar-refractivity contribution in [3.05, 3.63) is 71.2 Å². The van der Waals surface area contributed by atoms with Gasteiger partial charge in [0.1, 0.15) is 17.9 Å². The van der Waals surface area contributed by atoms with Gasteiger partial charge in [-0.05, 0) is 126 Å². The van der Waals surface area contributed by atoms with E-state index in [0.29, 0.717) is 24.9 Å². The molecule has 5 aliphatic rings. The molecule has 3 fully saturated rings. The molecule has 3 aliphatic heterocycles. The average Bonchev–Trinajstić information content (AvgIpc) is 4.15. The first-order valence-corrected chi connectivity index (χ1v) is 24.0. The summed E-state index contributed by atoms with van der Waals surface area (Å²) in [7, 11) is 2.63. The Morgan fingerprint density at radius 3 is 2.00 bits per heavy atom. The molecule has 4 atom stereocenters. The number of imidazole rings is 1. The van der Waals surface area contributed by atoms with Gasteiger partial charge < -0.3 is 34.9 Å². The third-order valence-corrected chi connectivity index (χ3v) is 15.7. The number of carbonyl (C=O) groups excluding carboxylic acids is 4. The van der Waals surface area contributed by atoms with Crippen molar-refractivity contribution in [3.8, 4) is 32.1 Å². The number of carbonyl (C=O) groups is 4. The van der Waals surface area contributed by atoms with Crippen molar-refractivity contribution in [2.45, 2.75) is 122 Å². The molecule has 14 heteroatoms. The van der Waals surface area contributed by atoms with Gasteiger partial charge in [0.05, 0.1) is 48.8 Å². The number of hydrogen-bond acceptors (Lipinski definition) is 9. The number of alkyl carbamates (subject to hydrolysis) is 2. The van der Waals surface area contributed by atoms with Crippen LogP contribution >= 0.6 is 11.3 Å². The van der Waals surface area contributed by atoms with E-state index in [1.165, 1.54) is 78.2 Å². The first-order chi connectivity index (χ1) is 30.9. The molecule has 4 aromatic rings. The van der Waals surface area contributed by atoms with Crippen LogP contribution in [0.2, 0.25) is 0 Å². The standard InChI is InChI=1S/C50H61N7O6S/c1-28(2)43(54-48(60)62-5)46(58)56-21-9-11-39(56)37-24-31-23-30(13-16-36(31)52-37)32-14-15-33(35-26-50(25-34(32)35)19-7-8-20-50)41-17-18-42(64-41)38-27-51-45(53-38)40-12-10-22-57(40)47(59)44(29(3)4)55-49(61)63-6/h13-18,23,27-29,39-40,43-44H,7-12,19-22,24-26H2,1-6H3,(H,51,53)(H,54,60)(H,55,61)/t39-,40-,43-,44-/m0/s1. The number of aliphatic imine (C=N–C) groups is 1. The number of rotatable bonds is 11. The Kier molecular flexibility index (Phi) is 12.2. The fraction of sp³-hybridized carbons (Fsp3) is 0.520. The molecule has 3 N–H and O–H groups in total. The maximum absolute atomic E-state index is 13.9. The SMILES string of the molecule is COC(=O)N[C@H](C(=O)N1CCC[C@H]1C1=Nc2ccc(-c3ccc(-c4ccc(-c5cnc([C@@H]6CCCN6C(=O)[C@@H](NC(=O)OC)C(C)C)[nH]5)s4)c4c3CC3(CCCC3)C4)cc2C1)C(C)C. The van der Waals surface area contributed by atoms with Crippen molar-refractivity contribution >= 4 is 46.7 Å². The summed E-state index contributed by atoms with van der Waals surface area (Å²) < 4.78 is 9.65. The number of aromatic amines is 1. The smallest absolute Gasteiger partial charge is 0.407 e. The minimum Gasteiger partial charge on any atom is -0.453 e. The van der Waals surface area contributed by atoms with E-state index in [-0.39, 0.29) is 35.7 Å². The molecule has 64 heavy (non-hydrogen) atoms. The molecule has 9 rings (SSSR count). The molecular weight excluding hydrogens is 827 g/mol. The van der Waals surface area contributed by atoms with Crippen LogP contribution in [0.15, 0.2) is 53.7 Å². The number of benzene rings is 2. The number of thiophene rings is 1. The predicted octanol–water partition coefficient (Wildman–Crippen LogP) is 9.18. The minimum atomic E-state index is -0.683. The lowest BCUT2D eigenvalue weighted by Crippen LogP contribution is -2.53. The highest BCUT2D eigenvalue weighted by atomic mass is 32.1. The molecule has 13 nitrogen and oxygen atoms in total. The van der Waals surface area contributed by atoms with E-state index in [9.17, 15) is 19.2 Å². The fourth-order valence-corrected chi connectivity index (χ4v) is 12.2. The number of nitrogens with one attached hydrogen (secondary N) is 3. The van der Waals surface area contributed by atoms with E-state index in [4.69, 9.17) is 19.5 Å². The Labute approximate surface area is 379 Å². The largest absolute Gasteiger partial charge is 0.453 e. The number of likely N-dealkylation sites (tertiary alicyclic amines) is 2. The van der Waals surface area contributed by atoms with Crippen LogP contribution in [0.3, 0.4) is 0 Å². The molecule has 0 radical (unpaired) electrons. The van der Waals surface area contributed by atoms with Gasteiger partial charge >= 0.3 is 12.2 Å². The zero-order chi connectivity index (χ0) is 44.9. The normalized spacial score (nSPS) is 20.7. The van der Waals surface area contributed by atoms with Gasteiger partial charge in [-0.25, -0.2) is 14.6 Å². The Morgan fingerprint density at radius 2 is 1.36 bits per heavy atom. The summed E-state index contributed by atoms with van der Waals surface area (Å²) in [6, 6.07) is 14.2.